The Morgan fingerprint density at radius 3 is 2.30 bits per heavy atom. The lowest BCUT2D eigenvalue weighted by Crippen LogP contribution is -2.35. The Morgan fingerprint density at radius 1 is 1.05 bits per heavy atom. The summed E-state index contributed by atoms with van der Waals surface area (Å²) < 4.78 is 1.80. The summed E-state index contributed by atoms with van der Waals surface area (Å²) >= 11 is 6.79. The van der Waals surface area contributed by atoms with Crippen LogP contribution >= 0.6 is 31.9 Å². The highest BCUT2D eigenvalue weighted by Gasteiger charge is 2.19. The number of aromatic hydroxyl groups is 1. The van der Waals surface area contributed by atoms with Gasteiger partial charge in [-0.3, -0.25) is 0 Å². The van der Waals surface area contributed by atoms with Crippen molar-refractivity contribution in [3.8, 4) is 5.75 Å². The molecule has 0 atom stereocenters. The molecule has 0 saturated heterocycles. The molecule has 0 saturated carbocycles. The number of phenolic OH excluding ortho intramolecular Hbond substituents is 1. The molecular formula is C16H17Br2NO. The maximum atomic E-state index is 9.50. The zero-order valence-corrected chi connectivity index (χ0v) is 14.6. The van der Waals surface area contributed by atoms with Crippen LogP contribution in [0.5, 0.6) is 5.75 Å². The number of hydrogen-bond donors (Lipinski definition) is 2. The summed E-state index contributed by atoms with van der Waals surface area (Å²) in [7, 11) is 0. The fourth-order valence-electron chi connectivity index (χ4n) is 1.95. The number of hydrogen-bond acceptors (Lipinski definition) is 2. The highest BCUT2D eigenvalue weighted by Crippen LogP contribution is 2.26. The highest BCUT2D eigenvalue weighted by molar-refractivity contribution is 9.10. The zero-order chi connectivity index (χ0) is 14.8. The first-order valence-electron chi connectivity index (χ1n) is 6.37. The van der Waals surface area contributed by atoms with E-state index in [9.17, 15) is 5.11 Å². The first-order valence-corrected chi connectivity index (χ1v) is 7.95. The predicted molar refractivity (Wildman–Crippen MR) is 89.8 cm³/mol. The molecule has 106 valence electrons. The van der Waals surface area contributed by atoms with Gasteiger partial charge in [-0.15, -0.1) is 0 Å². The lowest BCUT2D eigenvalue weighted by Gasteiger charge is -2.27. The Kier molecular flexibility index (Phi) is 4.89. The van der Waals surface area contributed by atoms with E-state index in [1.54, 1.807) is 6.07 Å². The zero-order valence-electron chi connectivity index (χ0n) is 11.5. The Morgan fingerprint density at radius 2 is 1.70 bits per heavy atom. The maximum absolute atomic E-state index is 9.50. The summed E-state index contributed by atoms with van der Waals surface area (Å²) in [4.78, 5) is 0. The fraction of sp³-hybridized carbons (Fsp3) is 0.250. The lowest BCUT2D eigenvalue weighted by atomic mass is 9.94. The standard InChI is InChI=1S/C16H17Br2NO/c1-16(2,12-4-6-13(17)7-5-12)19-10-11-3-8-15(20)14(18)9-11/h3-9,19-20H,10H2,1-2H3. The van der Waals surface area contributed by atoms with Gasteiger partial charge >= 0.3 is 0 Å². The Balaban J connectivity index is 2.08. The second-order valence-corrected chi connectivity index (χ2v) is 7.04. The molecule has 20 heavy (non-hydrogen) atoms. The van der Waals surface area contributed by atoms with Crippen molar-refractivity contribution in [2.24, 2.45) is 0 Å². The van der Waals surface area contributed by atoms with E-state index in [1.807, 2.05) is 12.1 Å². The molecular weight excluding hydrogens is 382 g/mol. The van der Waals surface area contributed by atoms with E-state index in [1.165, 1.54) is 5.56 Å². The molecule has 2 rings (SSSR count). The second-order valence-electron chi connectivity index (χ2n) is 5.27. The van der Waals surface area contributed by atoms with Gasteiger partial charge in [-0.2, -0.15) is 0 Å². The van der Waals surface area contributed by atoms with Gasteiger partial charge in [0.1, 0.15) is 5.75 Å². The summed E-state index contributed by atoms with van der Waals surface area (Å²) in [5.74, 6) is 0.265. The molecule has 0 amide bonds. The van der Waals surface area contributed by atoms with Crippen molar-refractivity contribution in [2.75, 3.05) is 0 Å². The second kappa shape index (κ2) is 6.29. The van der Waals surface area contributed by atoms with Crippen LogP contribution in [-0.4, -0.2) is 5.11 Å². The largest absolute Gasteiger partial charge is 0.507 e. The van der Waals surface area contributed by atoms with Crippen LogP contribution in [0.4, 0.5) is 0 Å². The number of nitrogens with one attached hydrogen (secondary N) is 1. The van der Waals surface area contributed by atoms with Gasteiger partial charge in [0.05, 0.1) is 4.47 Å². The van der Waals surface area contributed by atoms with E-state index >= 15 is 0 Å². The monoisotopic (exact) mass is 397 g/mol. The quantitative estimate of drug-likeness (QED) is 0.764. The van der Waals surface area contributed by atoms with E-state index < -0.39 is 0 Å². The van der Waals surface area contributed by atoms with Gasteiger partial charge in [0.15, 0.2) is 0 Å². The van der Waals surface area contributed by atoms with Gasteiger partial charge in [-0.1, -0.05) is 34.1 Å². The molecule has 0 spiro atoms. The van der Waals surface area contributed by atoms with Gasteiger partial charge in [0.25, 0.3) is 0 Å². The van der Waals surface area contributed by atoms with E-state index in [0.29, 0.717) is 0 Å². The van der Waals surface area contributed by atoms with Crippen LogP contribution in [0, 0.1) is 0 Å². The molecule has 0 radical (unpaired) electrons. The topological polar surface area (TPSA) is 32.3 Å². The Bertz CT molecular complexity index is 594. The van der Waals surface area contributed by atoms with E-state index in [2.05, 4.69) is 75.3 Å². The molecule has 2 aromatic carbocycles. The van der Waals surface area contributed by atoms with Gasteiger partial charge in [-0.05, 0) is 65.2 Å². The average molecular weight is 399 g/mol. The first-order chi connectivity index (χ1) is 9.38. The van der Waals surface area contributed by atoms with Gasteiger partial charge < -0.3 is 10.4 Å². The van der Waals surface area contributed by atoms with E-state index in [0.717, 1.165) is 21.1 Å². The maximum Gasteiger partial charge on any atom is 0.129 e. The molecule has 0 aliphatic rings. The summed E-state index contributed by atoms with van der Waals surface area (Å²) in [6, 6.07) is 13.9. The van der Waals surface area contributed by atoms with Crippen LogP contribution in [0.2, 0.25) is 0 Å². The SMILES string of the molecule is CC(C)(NCc1ccc(O)c(Br)c1)c1ccc(Br)cc1. The Labute approximate surface area is 136 Å². The molecule has 0 bridgehead atoms. The van der Waals surface area contributed by atoms with Crippen molar-refractivity contribution >= 4 is 31.9 Å². The molecule has 2 nitrogen and oxygen atoms in total. The van der Waals surface area contributed by atoms with Crippen molar-refractivity contribution < 1.29 is 5.11 Å². The molecule has 0 heterocycles. The third-order valence-electron chi connectivity index (χ3n) is 3.31. The predicted octanol–water partition coefficient (Wildman–Crippen LogP) is 4.94. The molecule has 0 aliphatic carbocycles. The minimum atomic E-state index is -0.120. The molecule has 0 fully saturated rings. The molecule has 2 aromatic rings. The summed E-state index contributed by atoms with van der Waals surface area (Å²) in [6.07, 6.45) is 0. The number of phenols is 1. The lowest BCUT2D eigenvalue weighted by molar-refractivity contribution is 0.401. The van der Waals surface area contributed by atoms with E-state index in [-0.39, 0.29) is 11.3 Å². The molecule has 2 N–H and O–H groups in total. The smallest absolute Gasteiger partial charge is 0.129 e. The van der Waals surface area contributed by atoms with Gasteiger partial charge in [0.2, 0.25) is 0 Å². The van der Waals surface area contributed by atoms with Crippen LogP contribution < -0.4 is 5.32 Å². The van der Waals surface area contributed by atoms with Crippen molar-refractivity contribution in [3.63, 3.8) is 0 Å². The van der Waals surface area contributed by atoms with E-state index in [4.69, 9.17) is 0 Å². The van der Waals surface area contributed by atoms with Gasteiger partial charge in [0, 0.05) is 16.6 Å². The van der Waals surface area contributed by atoms with Crippen LogP contribution in [0.25, 0.3) is 0 Å². The van der Waals surface area contributed by atoms with Crippen molar-refractivity contribution in [1.82, 2.24) is 5.32 Å². The van der Waals surface area contributed by atoms with Crippen molar-refractivity contribution in [2.45, 2.75) is 25.9 Å². The van der Waals surface area contributed by atoms with Crippen molar-refractivity contribution in [1.29, 1.82) is 0 Å². The minimum Gasteiger partial charge on any atom is -0.507 e. The average Bonchev–Trinajstić information content (AvgIpc) is 2.41. The number of benzene rings is 2. The first kappa shape index (κ1) is 15.5. The van der Waals surface area contributed by atoms with Crippen LogP contribution in [-0.2, 0) is 12.1 Å². The van der Waals surface area contributed by atoms with Crippen LogP contribution in [0.1, 0.15) is 25.0 Å². The summed E-state index contributed by atoms with van der Waals surface area (Å²) in [5, 5.41) is 13.0. The van der Waals surface area contributed by atoms with Gasteiger partial charge in [-0.25, -0.2) is 0 Å². The molecule has 4 heteroatoms. The third kappa shape index (κ3) is 3.84. The number of rotatable bonds is 4. The summed E-state index contributed by atoms with van der Waals surface area (Å²) in [5.41, 5.74) is 2.24. The summed E-state index contributed by atoms with van der Waals surface area (Å²) in [6.45, 7) is 5.05. The highest BCUT2D eigenvalue weighted by atomic mass is 79.9. The van der Waals surface area contributed by atoms with Crippen LogP contribution in [0.15, 0.2) is 51.4 Å². The molecule has 0 aliphatic heterocycles. The number of halogens is 2. The fourth-order valence-corrected chi connectivity index (χ4v) is 2.64. The normalized spacial score (nSPS) is 11.6. The Hall–Kier alpha value is -0.840. The molecule has 0 aromatic heterocycles. The third-order valence-corrected chi connectivity index (χ3v) is 4.48. The molecule has 0 unspecified atom stereocenters. The van der Waals surface area contributed by atoms with Crippen molar-refractivity contribution in [3.05, 3.63) is 62.5 Å². The van der Waals surface area contributed by atoms with Crippen LogP contribution in [0.3, 0.4) is 0 Å². The minimum absolute atomic E-state index is 0.120.